The Morgan fingerprint density at radius 3 is 2.76 bits per heavy atom. The predicted molar refractivity (Wildman–Crippen MR) is 66.7 cm³/mol. The molecule has 1 aromatic heterocycles. The van der Waals surface area contributed by atoms with E-state index in [4.69, 9.17) is 4.74 Å². The normalized spacial score (nSPS) is 11.1. The molecule has 1 heterocycles. The van der Waals surface area contributed by atoms with Crippen molar-refractivity contribution in [2.24, 2.45) is 0 Å². The molecule has 1 amide bonds. The molecule has 94 valence electrons. The molecule has 4 nitrogen and oxygen atoms in total. The van der Waals surface area contributed by atoms with Crippen LogP contribution in [0.4, 0.5) is 15.0 Å². The van der Waals surface area contributed by atoms with E-state index in [-0.39, 0.29) is 5.82 Å². The molecule has 1 aromatic rings. The number of alkyl halides is 1. The van der Waals surface area contributed by atoms with Gasteiger partial charge in [-0.05, 0) is 26.8 Å². The van der Waals surface area contributed by atoms with Crippen molar-refractivity contribution in [1.29, 1.82) is 0 Å². The SMILES string of the molecule is CC(C)(C)OC(=O)Nc1cc(CBr)c(F)cn1. The van der Waals surface area contributed by atoms with Crippen LogP contribution in [-0.4, -0.2) is 16.7 Å². The van der Waals surface area contributed by atoms with Crippen molar-refractivity contribution in [3.8, 4) is 0 Å². The average Bonchev–Trinajstić information content (AvgIpc) is 2.18. The van der Waals surface area contributed by atoms with Gasteiger partial charge in [0, 0.05) is 10.9 Å². The molecule has 0 saturated heterocycles. The lowest BCUT2D eigenvalue weighted by molar-refractivity contribution is 0.0635. The number of ether oxygens (including phenoxy) is 1. The summed E-state index contributed by atoms with van der Waals surface area (Å²) in [4.78, 5) is 15.2. The minimum atomic E-state index is -0.614. The molecule has 0 aliphatic carbocycles. The van der Waals surface area contributed by atoms with E-state index in [0.717, 1.165) is 6.20 Å². The van der Waals surface area contributed by atoms with E-state index in [9.17, 15) is 9.18 Å². The Hall–Kier alpha value is -1.17. The fourth-order valence-corrected chi connectivity index (χ4v) is 1.49. The molecule has 1 N–H and O–H groups in total. The van der Waals surface area contributed by atoms with Crippen molar-refractivity contribution in [2.75, 3.05) is 5.32 Å². The number of nitrogens with zero attached hydrogens (tertiary/aromatic N) is 1. The summed E-state index contributed by atoms with van der Waals surface area (Å²) < 4.78 is 18.2. The number of carbonyl (C=O) groups is 1. The molecule has 17 heavy (non-hydrogen) atoms. The van der Waals surface area contributed by atoms with Gasteiger partial charge in [-0.2, -0.15) is 0 Å². The molecule has 0 aliphatic rings. The smallest absolute Gasteiger partial charge is 0.413 e. The predicted octanol–water partition coefficient (Wildman–Crippen LogP) is 3.46. The standard InChI is InChI=1S/C11H14BrFN2O2/c1-11(2,3)17-10(16)15-9-4-7(5-12)8(13)6-14-9/h4,6H,5H2,1-3H3,(H,14,15,16). The van der Waals surface area contributed by atoms with E-state index < -0.39 is 17.5 Å². The highest BCUT2D eigenvalue weighted by Crippen LogP contribution is 2.15. The van der Waals surface area contributed by atoms with Gasteiger partial charge in [0.1, 0.15) is 17.2 Å². The zero-order chi connectivity index (χ0) is 13.1. The first-order valence-corrected chi connectivity index (χ1v) is 6.14. The van der Waals surface area contributed by atoms with Gasteiger partial charge in [-0.3, -0.25) is 5.32 Å². The quantitative estimate of drug-likeness (QED) is 0.851. The lowest BCUT2D eigenvalue weighted by atomic mass is 10.2. The van der Waals surface area contributed by atoms with Crippen LogP contribution in [0.15, 0.2) is 12.3 Å². The number of pyridine rings is 1. The van der Waals surface area contributed by atoms with E-state index in [1.54, 1.807) is 20.8 Å². The van der Waals surface area contributed by atoms with Crippen molar-refractivity contribution < 1.29 is 13.9 Å². The van der Waals surface area contributed by atoms with Crippen molar-refractivity contribution >= 4 is 27.8 Å². The van der Waals surface area contributed by atoms with Gasteiger partial charge >= 0.3 is 6.09 Å². The van der Waals surface area contributed by atoms with E-state index in [1.165, 1.54) is 6.07 Å². The highest BCUT2D eigenvalue weighted by atomic mass is 79.9. The number of rotatable bonds is 2. The molecule has 6 heteroatoms. The monoisotopic (exact) mass is 304 g/mol. The van der Waals surface area contributed by atoms with Crippen LogP contribution in [0.1, 0.15) is 26.3 Å². The number of amides is 1. The summed E-state index contributed by atoms with van der Waals surface area (Å²) in [5.74, 6) is -0.160. The van der Waals surface area contributed by atoms with Gasteiger partial charge in [-0.1, -0.05) is 15.9 Å². The molecule has 1 rings (SSSR count). The summed E-state index contributed by atoms with van der Waals surface area (Å²) in [5.41, 5.74) is -0.159. The maximum absolute atomic E-state index is 13.1. The van der Waals surface area contributed by atoms with Crippen molar-refractivity contribution in [2.45, 2.75) is 31.7 Å². The highest BCUT2D eigenvalue weighted by Gasteiger charge is 2.16. The molecule has 0 atom stereocenters. The summed E-state index contributed by atoms with van der Waals surface area (Å²) >= 11 is 3.15. The number of hydrogen-bond acceptors (Lipinski definition) is 3. The van der Waals surface area contributed by atoms with Crippen molar-refractivity contribution in [3.63, 3.8) is 0 Å². The fraction of sp³-hybridized carbons (Fsp3) is 0.455. The molecule has 0 aliphatic heterocycles. The Balaban J connectivity index is 2.72. The summed E-state index contributed by atoms with van der Waals surface area (Å²) in [5, 5.41) is 2.79. The zero-order valence-corrected chi connectivity index (χ0v) is 11.5. The van der Waals surface area contributed by atoms with Crippen LogP contribution in [0.2, 0.25) is 0 Å². The summed E-state index contributed by atoms with van der Waals surface area (Å²) in [6.45, 7) is 5.28. The second-order valence-electron chi connectivity index (χ2n) is 4.42. The van der Waals surface area contributed by atoms with Crippen LogP contribution < -0.4 is 5.32 Å². The third-order valence-electron chi connectivity index (χ3n) is 1.71. The molecule has 0 aromatic carbocycles. The van der Waals surface area contributed by atoms with Crippen LogP contribution in [-0.2, 0) is 10.1 Å². The van der Waals surface area contributed by atoms with Crippen LogP contribution >= 0.6 is 15.9 Å². The van der Waals surface area contributed by atoms with E-state index in [2.05, 4.69) is 26.2 Å². The number of hydrogen-bond donors (Lipinski definition) is 1. The first kappa shape index (κ1) is 13.9. The lowest BCUT2D eigenvalue weighted by Crippen LogP contribution is -2.27. The van der Waals surface area contributed by atoms with Crippen LogP contribution in [0, 0.1) is 5.82 Å². The Morgan fingerprint density at radius 2 is 2.24 bits per heavy atom. The minimum absolute atomic E-state index is 0.259. The number of nitrogens with one attached hydrogen (secondary N) is 1. The zero-order valence-electron chi connectivity index (χ0n) is 9.88. The van der Waals surface area contributed by atoms with Crippen LogP contribution in [0.5, 0.6) is 0 Å². The topological polar surface area (TPSA) is 51.2 Å². The Morgan fingerprint density at radius 1 is 1.59 bits per heavy atom. The third-order valence-corrected chi connectivity index (χ3v) is 2.31. The molecular formula is C11H14BrFN2O2. The van der Waals surface area contributed by atoms with Crippen LogP contribution in [0.25, 0.3) is 0 Å². The molecule has 0 bridgehead atoms. The maximum atomic E-state index is 13.1. The fourth-order valence-electron chi connectivity index (χ4n) is 1.06. The van der Waals surface area contributed by atoms with Gasteiger partial charge in [-0.25, -0.2) is 14.2 Å². The van der Waals surface area contributed by atoms with Crippen molar-refractivity contribution in [3.05, 3.63) is 23.6 Å². The highest BCUT2D eigenvalue weighted by molar-refractivity contribution is 9.08. The number of carbonyl (C=O) groups excluding carboxylic acids is 1. The molecular weight excluding hydrogens is 291 g/mol. The second-order valence-corrected chi connectivity index (χ2v) is 4.98. The van der Waals surface area contributed by atoms with E-state index in [0.29, 0.717) is 10.9 Å². The minimum Gasteiger partial charge on any atom is -0.444 e. The van der Waals surface area contributed by atoms with Crippen LogP contribution in [0.3, 0.4) is 0 Å². The number of aromatic nitrogens is 1. The van der Waals surface area contributed by atoms with Crippen molar-refractivity contribution in [1.82, 2.24) is 4.98 Å². The third kappa shape index (κ3) is 4.68. The Bertz CT molecular complexity index is 418. The summed E-state index contributed by atoms with van der Waals surface area (Å²) in [6, 6.07) is 1.45. The second kappa shape index (κ2) is 5.44. The van der Waals surface area contributed by atoms with Gasteiger partial charge in [0.2, 0.25) is 0 Å². The van der Waals surface area contributed by atoms with Gasteiger partial charge < -0.3 is 4.74 Å². The van der Waals surface area contributed by atoms with Gasteiger partial charge in [0.05, 0.1) is 6.20 Å². The molecule has 0 fully saturated rings. The maximum Gasteiger partial charge on any atom is 0.413 e. The van der Waals surface area contributed by atoms with E-state index >= 15 is 0 Å². The Kier molecular flexibility index (Phi) is 4.45. The number of anilines is 1. The summed E-state index contributed by atoms with van der Waals surface area (Å²) in [7, 11) is 0. The summed E-state index contributed by atoms with van der Waals surface area (Å²) in [6.07, 6.45) is 0.445. The Labute approximate surface area is 108 Å². The molecule has 0 spiro atoms. The molecule has 0 saturated carbocycles. The first-order chi connectivity index (χ1) is 7.81. The average molecular weight is 305 g/mol. The largest absolute Gasteiger partial charge is 0.444 e. The van der Waals surface area contributed by atoms with Gasteiger partial charge in [0.25, 0.3) is 0 Å². The van der Waals surface area contributed by atoms with Gasteiger partial charge in [-0.15, -0.1) is 0 Å². The van der Waals surface area contributed by atoms with Gasteiger partial charge in [0.15, 0.2) is 0 Å². The lowest BCUT2D eigenvalue weighted by Gasteiger charge is -2.19. The number of halogens is 2. The molecule has 0 unspecified atom stereocenters. The van der Waals surface area contributed by atoms with E-state index in [1.807, 2.05) is 0 Å². The molecule has 0 radical (unpaired) electrons. The first-order valence-electron chi connectivity index (χ1n) is 5.02.